The molecular formula is C19H24BrN5O2. The van der Waals surface area contributed by atoms with E-state index in [1.54, 1.807) is 4.90 Å². The van der Waals surface area contributed by atoms with Gasteiger partial charge in [0.05, 0.1) is 10.2 Å². The van der Waals surface area contributed by atoms with Crippen molar-refractivity contribution in [2.24, 2.45) is 0 Å². The fourth-order valence-electron chi connectivity index (χ4n) is 3.12. The van der Waals surface area contributed by atoms with Crippen molar-refractivity contribution in [3.8, 4) is 0 Å². The third kappa shape index (κ3) is 4.68. The van der Waals surface area contributed by atoms with E-state index in [2.05, 4.69) is 36.8 Å². The van der Waals surface area contributed by atoms with Gasteiger partial charge in [-0.15, -0.1) is 0 Å². The number of aromatic nitrogens is 2. The summed E-state index contributed by atoms with van der Waals surface area (Å²) in [6, 6.07) is 9.16. The molecule has 3 rings (SSSR count). The van der Waals surface area contributed by atoms with Gasteiger partial charge >= 0.3 is 6.03 Å². The Kier molecular flexibility index (Phi) is 6.15. The Bertz CT molecular complexity index is 798. The zero-order valence-electron chi connectivity index (χ0n) is 15.5. The van der Waals surface area contributed by atoms with Gasteiger partial charge in [0.25, 0.3) is 5.91 Å². The summed E-state index contributed by atoms with van der Waals surface area (Å²) >= 11 is 3.49. The molecule has 2 aromatic rings. The fourth-order valence-corrected chi connectivity index (χ4v) is 3.92. The average Bonchev–Trinajstić information content (AvgIpc) is 3.04. The molecule has 1 fully saturated rings. The first kappa shape index (κ1) is 19.4. The second-order valence-electron chi connectivity index (χ2n) is 6.99. The third-order valence-electron chi connectivity index (χ3n) is 4.66. The van der Waals surface area contributed by atoms with Crippen molar-refractivity contribution in [1.29, 1.82) is 0 Å². The molecule has 0 saturated carbocycles. The average molecular weight is 434 g/mol. The first-order chi connectivity index (χ1) is 13.0. The van der Waals surface area contributed by atoms with E-state index in [9.17, 15) is 9.59 Å². The predicted molar refractivity (Wildman–Crippen MR) is 108 cm³/mol. The number of nitrogens with one attached hydrogen (secondary N) is 3. The van der Waals surface area contributed by atoms with Crippen molar-refractivity contribution in [3.05, 3.63) is 46.2 Å². The van der Waals surface area contributed by atoms with E-state index in [0.717, 1.165) is 15.9 Å². The number of H-pyrrole nitrogens is 1. The molecule has 144 valence electrons. The number of hydrogen-bond donors (Lipinski definition) is 3. The molecule has 1 aliphatic rings. The summed E-state index contributed by atoms with van der Waals surface area (Å²) in [5.41, 5.74) is 2.10. The van der Waals surface area contributed by atoms with Crippen molar-refractivity contribution < 1.29 is 9.59 Å². The Hall–Kier alpha value is -2.35. The molecule has 1 aliphatic heterocycles. The second-order valence-corrected chi connectivity index (χ2v) is 7.78. The minimum absolute atomic E-state index is 0.0478. The number of aromatic amines is 1. The van der Waals surface area contributed by atoms with Crippen molar-refractivity contribution in [2.75, 3.05) is 18.4 Å². The number of anilines is 1. The molecule has 1 saturated heterocycles. The largest absolute Gasteiger partial charge is 0.337 e. The molecule has 7 nitrogen and oxygen atoms in total. The van der Waals surface area contributed by atoms with Crippen LogP contribution in [0, 0.1) is 0 Å². The Morgan fingerprint density at radius 2 is 1.89 bits per heavy atom. The van der Waals surface area contributed by atoms with Gasteiger partial charge in [-0.3, -0.25) is 9.89 Å². The van der Waals surface area contributed by atoms with E-state index in [-0.39, 0.29) is 23.9 Å². The van der Waals surface area contributed by atoms with Gasteiger partial charge in [0.1, 0.15) is 0 Å². The van der Waals surface area contributed by atoms with E-state index in [0.29, 0.717) is 31.6 Å². The van der Waals surface area contributed by atoms with Crippen LogP contribution in [0.1, 0.15) is 48.8 Å². The summed E-state index contributed by atoms with van der Waals surface area (Å²) in [4.78, 5) is 26.6. The maximum absolute atomic E-state index is 12.7. The highest BCUT2D eigenvalue weighted by atomic mass is 79.9. The molecule has 0 spiro atoms. The molecular weight excluding hydrogens is 410 g/mol. The Balaban J connectivity index is 1.51. The van der Waals surface area contributed by atoms with Crippen molar-refractivity contribution in [2.45, 2.75) is 38.6 Å². The van der Waals surface area contributed by atoms with E-state index in [1.807, 2.05) is 44.2 Å². The van der Waals surface area contributed by atoms with Gasteiger partial charge < -0.3 is 15.5 Å². The van der Waals surface area contributed by atoms with Gasteiger partial charge in [-0.05, 0) is 46.8 Å². The number of benzene rings is 1. The number of likely N-dealkylation sites (tertiary alicyclic amines) is 1. The Morgan fingerprint density at radius 1 is 1.22 bits per heavy atom. The molecule has 3 amide bonds. The van der Waals surface area contributed by atoms with Crippen LogP contribution >= 0.6 is 15.9 Å². The lowest BCUT2D eigenvalue weighted by Gasteiger charge is -2.32. The molecule has 8 heteroatoms. The van der Waals surface area contributed by atoms with Crippen LogP contribution in [-0.2, 0) is 0 Å². The monoisotopic (exact) mass is 433 g/mol. The number of carbonyl (C=O) groups excluding carboxylic acids is 2. The highest BCUT2D eigenvalue weighted by Gasteiger charge is 2.28. The van der Waals surface area contributed by atoms with Crippen LogP contribution < -0.4 is 10.6 Å². The van der Waals surface area contributed by atoms with E-state index >= 15 is 0 Å². The third-order valence-corrected chi connectivity index (χ3v) is 5.46. The number of amides is 3. The Morgan fingerprint density at radius 3 is 2.48 bits per heavy atom. The zero-order valence-corrected chi connectivity index (χ0v) is 17.0. The van der Waals surface area contributed by atoms with Gasteiger partial charge in [0.15, 0.2) is 5.69 Å². The van der Waals surface area contributed by atoms with Gasteiger partial charge in [0.2, 0.25) is 0 Å². The fraction of sp³-hybridized carbons (Fsp3) is 0.421. The normalized spacial score (nSPS) is 15.0. The molecule has 1 aromatic heterocycles. The molecule has 0 radical (unpaired) electrons. The van der Waals surface area contributed by atoms with Crippen molar-refractivity contribution in [1.82, 2.24) is 20.4 Å². The zero-order chi connectivity index (χ0) is 19.4. The summed E-state index contributed by atoms with van der Waals surface area (Å²) < 4.78 is 0.741. The molecule has 27 heavy (non-hydrogen) atoms. The quantitative estimate of drug-likeness (QED) is 0.685. The van der Waals surface area contributed by atoms with Crippen LogP contribution in [0.5, 0.6) is 0 Å². The molecule has 0 bridgehead atoms. The summed E-state index contributed by atoms with van der Waals surface area (Å²) in [6.07, 6.45) is 1.43. The van der Waals surface area contributed by atoms with Crippen LogP contribution in [-0.4, -0.2) is 46.2 Å². The van der Waals surface area contributed by atoms with Crippen LogP contribution in [0.4, 0.5) is 10.5 Å². The van der Waals surface area contributed by atoms with E-state index < -0.39 is 0 Å². The highest BCUT2D eigenvalue weighted by molar-refractivity contribution is 9.10. The maximum Gasteiger partial charge on any atom is 0.319 e. The summed E-state index contributed by atoms with van der Waals surface area (Å²) in [5, 5.41) is 12.9. The van der Waals surface area contributed by atoms with Gasteiger partial charge in [-0.1, -0.05) is 32.0 Å². The first-order valence-electron chi connectivity index (χ1n) is 9.11. The van der Waals surface area contributed by atoms with Crippen LogP contribution in [0.2, 0.25) is 0 Å². The predicted octanol–water partition coefficient (Wildman–Crippen LogP) is 3.72. The molecule has 0 unspecified atom stereocenters. The SMILES string of the molecule is CC(C)c1[nH]nc(C(=O)N2CCC(NC(=O)Nc3ccccc3)CC2)c1Br. The standard InChI is InChI=1S/C19H24BrN5O2/c1-12(2)16-15(20)17(24-23-16)18(26)25-10-8-14(9-11-25)22-19(27)21-13-6-4-3-5-7-13/h3-7,12,14H,8-11H2,1-2H3,(H,23,24)(H2,21,22,27). The van der Waals surface area contributed by atoms with Crippen LogP contribution in [0.15, 0.2) is 34.8 Å². The number of para-hydroxylation sites is 1. The number of halogens is 1. The highest BCUT2D eigenvalue weighted by Crippen LogP contribution is 2.27. The van der Waals surface area contributed by atoms with Crippen LogP contribution in [0.25, 0.3) is 0 Å². The minimum atomic E-state index is -0.220. The summed E-state index contributed by atoms with van der Waals surface area (Å²) in [7, 11) is 0. The lowest BCUT2D eigenvalue weighted by atomic mass is 10.0. The second kappa shape index (κ2) is 8.56. The minimum Gasteiger partial charge on any atom is -0.337 e. The van der Waals surface area contributed by atoms with Gasteiger partial charge in [-0.2, -0.15) is 5.10 Å². The first-order valence-corrected chi connectivity index (χ1v) is 9.90. The number of carbonyl (C=O) groups is 2. The van der Waals surface area contributed by atoms with Gasteiger partial charge in [-0.25, -0.2) is 4.79 Å². The van der Waals surface area contributed by atoms with Crippen molar-refractivity contribution in [3.63, 3.8) is 0 Å². The van der Waals surface area contributed by atoms with Crippen molar-refractivity contribution >= 4 is 33.6 Å². The topological polar surface area (TPSA) is 90.1 Å². The molecule has 2 heterocycles. The number of nitrogens with zero attached hydrogens (tertiary/aromatic N) is 2. The number of hydrogen-bond acceptors (Lipinski definition) is 3. The molecule has 1 aromatic carbocycles. The van der Waals surface area contributed by atoms with E-state index in [1.165, 1.54) is 0 Å². The molecule has 3 N–H and O–H groups in total. The van der Waals surface area contributed by atoms with E-state index in [4.69, 9.17) is 0 Å². The summed E-state index contributed by atoms with van der Waals surface area (Å²) in [5.74, 6) is 0.170. The lowest BCUT2D eigenvalue weighted by molar-refractivity contribution is 0.0702. The number of urea groups is 1. The lowest BCUT2D eigenvalue weighted by Crippen LogP contribution is -2.47. The number of rotatable bonds is 4. The smallest absolute Gasteiger partial charge is 0.319 e. The molecule has 0 aliphatic carbocycles. The number of piperidine rings is 1. The summed E-state index contributed by atoms with van der Waals surface area (Å²) in [6.45, 7) is 5.27. The van der Waals surface area contributed by atoms with Gasteiger partial charge in [0, 0.05) is 24.8 Å². The van der Waals surface area contributed by atoms with Crippen LogP contribution in [0.3, 0.4) is 0 Å². The Labute approximate surface area is 167 Å². The maximum atomic E-state index is 12.7. The molecule has 0 atom stereocenters.